The van der Waals surface area contributed by atoms with E-state index in [9.17, 15) is 4.79 Å². The van der Waals surface area contributed by atoms with Gasteiger partial charge in [0.25, 0.3) is 0 Å². The average molecular weight is 153 g/mol. The van der Waals surface area contributed by atoms with E-state index in [1.165, 1.54) is 13.0 Å². The van der Waals surface area contributed by atoms with Gasteiger partial charge in [-0.3, -0.25) is 4.79 Å². The van der Waals surface area contributed by atoms with Crippen molar-refractivity contribution in [2.24, 2.45) is 5.92 Å². The van der Waals surface area contributed by atoms with Gasteiger partial charge in [-0.25, -0.2) is 0 Å². The van der Waals surface area contributed by atoms with E-state index in [0.717, 1.165) is 25.9 Å². The molecule has 0 spiro atoms. The van der Waals surface area contributed by atoms with Crippen LogP contribution in [0.2, 0.25) is 0 Å². The predicted molar refractivity (Wildman–Crippen MR) is 44.1 cm³/mol. The molecule has 0 aromatic heterocycles. The Bertz CT molecular complexity index is 156. The van der Waals surface area contributed by atoms with Gasteiger partial charge in [-0.1, -0.05) is 7.43 Å². The number of piperidine rings is 2. The SMILES string of the molecule is O=C1CCN2CCCC1C2.[CH2]. The molecular weight excluding hydrogens is 138 g/mol. The summed E-state index contributed by atoms with van der Waals surface area (Å²) in [6.45, 7) is 3.30. The highest BCUT2D eigenvalue weighted by Gasteiger charge is 2.29. The van der Waals surface area contributed by atoms with Crippen molar-refractivity contribution >= 4 is 5.78 Å². The number of hydrogen-bond acceptors (Lipinski definition) is 2. The van der Waals surface area contributed by atoms with Gasteiger partial charge in [0.1, 0.15) is 5.78 Å². The fourth-order valence-corrected chi connectivity index (χ4v) is 1.99. The highest BCUT2D eigenvalue weighted by Crippen LogP contribution is 2.22. The summed E-state index contributed by atoms with van der Waals surface area (Å²) in [5, 5.41) is 0. The minimum absolute atomic E-state index is 0. The lowest BCUT2D eigenvalue weighted by molar-refractivity contribution is -0.127. The molecule has 62 valence electrons. The first-order valence-corrected chi connectivity index (χ1v) is 4.11. The summed E-state index contributed by atoms with van der Waals surface area (Å²) >= 11 is 0. The summed E-state index contributed by atoms with van der Waals surface area (Å²) in [5.41, 5.74) is 0. The highest BCUT2D eigenvalue weighted by molar-refractivity contribution is 5.82. The maximum absolute atomic E-state index is 11.2. The zero-order valence-corrected chi connectivity index (χ0v) is 6.88. The molecule has 2 unspecified atom stereocenters. The predicted octanol–water partition coefficient (Wildman–Crippen LogP) is 0.998. The Morgan fingerprint density at radius 2 is 2.18 bits per heavy atom. The fraction of sp³-hybridized carbons (Fsp3) is 0.778. The third kappa shape index (κ3) is 1.62. The van der Waals surface area contributed by atoms with Crippen LogP contribution in [-0.4, -0.2) is 30.3 Å². The average Bonchev–Trinajstić information content (AvgIpc) is 1.99. The van der Waals surface area contributed by atoms with Crippen molar-refractivity contribution in [1.29, 1.82) is 0 Å². The topological polar surface area (TPSA) is 20.3 Å². The van der Waals surface area contributed by atoms with E-state index in [0.29, 0.717) is 11.7 Å². The summed E-state index contributed by atoms with van der Waals surface area (Å²) in [6.07, 6.45) is 3.19. The van der Waals surface area contributed by atoms with Gasteiger partial charge in [-0.15, -0.1) is 0 Å². The molecule has 11 heavy (non-hydrogen) atoms. The normalized spacial score (nSPS) is 36.2. The van der Waals surface area contributed by atoms with Gasteiger partial charge in [-0.2, -0.15) is 0 Å². The summed E-state index contributed by atoms with van der Waals surface area (Å²) in [5.74, 6) is 0.915. The number of carbonyl (C=O) groups excluding carboxylic acids is 1. The van der Waals surface area contributed by atoms with E-state index in [1.54, 1.807) is 0 Å². The Labute approximate surface area is 68.6 Å². The molecule has 2 saturated heterocycles. The standard InChI is InChI=1S/C8H13NO.CH2/c10-8-3-5-9-4-1-2-7(8)6-9;/h7H,1-6H2;1H2. The lowest BCUT2D eigenvalue weighted by Gasteiger charge is -2.36. The zero-order valence-electron chi connectivity index (χ0n) is 6.88. The van der Waals surface area contributed by atoms with Crippen molar-refractivity contribution < 1.29 is 4.79 Å². The summed E-state index contributed by atoms with van der Waals surface area (Å²) in [7, 11) is 0. The number of ketones is 1. The second kappa shape index (κ2) is 3.35. The van der Waals surface area contributed by atoms with E-state index in [4.69, 9.17) is 0 Å². The minimum atomic E-state index is 0. The molecule has 2 heterocycles. The van der Waals surface area contributed by atoms with E-state index in [1.807, 2.05) is 0 Å². The van der Waals surface area contributed by atoms with Crippen LogP contribution in [0.25, 0.3) is 0 Å². The van der Waals surface area contributed by atoms with Crippen molar-refractivity contribution in [1.82, 2.24) is 4.90 Å². The minimum Gasteiger partial charge on any atom is -0.302 e. The molecule has 2 radical (unpaired) electrons. The molecule has 2 heteroatoms. The Hall–Kier alpha value is -0.370. The van der Waals surface area contributed by atoms with Gasteiger partial charge in [0.2, 0.25) is 0 Å². The molecule has 0 amide bonds. The molecule has 2 atom stereocenters. The van der Waals surface area contributed by atoms with Crippen LogP contribution in [0.4, 0.5) is 0 Å². The first kappa shape index (κ1) is 8.72. The van der Waals surface area contributed by atoms with Gasteiger partial charge in [0, 0.05) is 25.4 Å². The van der Waals surface area contributed by atoms with E-state index in [2.05, 4.69) is 4.90 Å². The van der Waals surface area contributed by atoms with Crippen LogP contribution in [0.3, 0.4) is 0 Å². The molecule has 2 bridgehead atoms. The first-order chi connectivity index (χ1) is 4.86. The Morgan fingerprint density at radius 3 is 2.91 bits per heavy atom. The van der Waals surface area contributed by atoms with Crippen LogP contribution >= 0.6 is 0 Å². The lowest BCUT2D eigenvalue weighted by Crippen LogP contribution is -2.44. The molecule has 2 fully saturated rings. The molecule has 2 rings (SSSR count). The number of nitrogens with zero attached hydrogens (tertiary/aromatic N) is 1. The Morgan fingerprint density at radius 1 is 1.36 bits per heavy atom. The number of Topliss-reactive ketones (excluding diaryl/α,β-unsaturated/α-hetero) is 1. The van der Waals surface area contributed by atoms with Gasteiger partial charge in [0.05, 0.1) is 0 Å². The van der Waals surface area contributed by atoms with E-state index >= 15 is 0 Å². The third-order valence-electron chi connectivity index (χ3n) is 2.64. The number of hydrogen-bond donors (Lipinski definition) is 0. The third-order valence-corrected chi connectivity index (χ3v) is 2.64. The van der Waals surface area contributed by atoms with Crippen molar-refractivity contribution in [2.75, 3.05) is 19.6 Å². The molecule has 2 aliphatic rings. The second-order valence-corrected chi connectivity index (χ2v) is 3.36. The Kier molecular flexibility index (Phi) is 2.66. The monoisotopic (exact) mass is 153 g/mol. The van der Waals surface area contributed by atoms with Crippen molar-refractivity contribution in [3.63, 3.8) is 0 Å². The molecule has 0 aliphatic carbocycles. The molecule has 2 nitrogen and oxygen atoms in total. The van der Waals surface area contributed by atoms with Crippen molar-refractivity contribution in [3.8, 4) is 0 Å². The van der Waals surface area contributed by atoms with Crippen LogP contribution < -0.4 is 0 Å². The molecular formula is C9H15NO. The summed E-state index contributed by atoms with van der Waals surface area (Å²) in [6, 6.07) is 0. The van der Waals surface area contributed by atoms with E-state index < -0.39 is 0 Å². The summed E-state index contributed by atoms with van der Waals surface area (Å²) in [4.78, 5) is 13.6. The van der Waals surface area contributed by atoms with Gasteiger partial charge in [0.15, 0.2) is 0 Å². The van der Waals surface area contributed by atoms with Crippen LogP contribution in [0.15, 0.2) is 0 Å². The zero-order chi connectivity index (χ0) is 6.97. The quantitative estimate of drug-likeness (QED) is 0.517. The molecule has 0 N–H and O–H groups in total. The number of rotatable bonds is 0. The molecule has 0 aromatic carbocycles. The lowest BCUT2D eigenvalue weighted by atomic mass is 9.88. The molecule has 0 saturated carbocycles. The molecule has 2 aliphatic heterocycles. The maximum atomic E-state index is 11.2. The van der Waals surface area contributed by atoms with Gasteiger partial charge in [-0.05, 0) is 19.4 Å². The van der Waals surface area contributed by atoms with Crippen molar-refractivity contribution in [3.05, 3.63) is 7.43 Å². The summed E-state index contributed by atoms with van der Waals surface area (Å²) < 4.78 is 0. The smallest absolute Gasteiger partial charge is 0.138 e. The van der Waals surface area contributed by atoms with Crippen LogP contribution in [0.5, 0.6) is 0 Å². The van der Waals surface area contributed by atoms with Gasteiger partial charge < -0.3 is 4.90 Å². The van der Waals surface area contributed by atoms with Gasteiger partial charge >= 0.3 is 0 Å². The maximum Gasteiger partial charge on any atom is 0.138 e. The molecule has 0 aromatic rings. The fourth-order valence-electron chi connectivity index (χ4n) is 1.99. The van der Waals surface area contributed by atoms with Crippen LogP contribution in [0.1, 0.15) is 19.3 Å². The van der Waals surface area contributed by atoms with Crippen LogP contribution in [0, 0.1) is 13.3 Å². The van der Waals surface area contributed by atoms with E-state index in [-0.39, 0.29) is 7.43 Å². The number of carbonyl (C=O) groups is 1. The van der Waals surface area contributed by atoms with Crippen molar-refractivity contribution in [2.45, 2.75) is 19.3 Å². The number of fused-ring (bicyclic) bond motifs is 2. The Balaban J connectivity index is 0.000000605. The second-order valence-electron chi connectivity index (χ2n) is 3.36. The van der Waals surface area contributed by atoms with Crippen LogP contribution in [-0.2, 0) is 4.79 Å². The largest absolute Gasteiger partial charge is 0.302 e. The highest BCUT2D eigenvalue weighted by atomic mass is 16.1. The first-order valence-electron chi connectivity index (χ1n) is 4.11.